The minimum Gasteiger partial charge on any atom is -0.381 e. The standard InChI is InChI=1S/C17H22ClF3N2O5S/c1-2-28-14(11-4-3-7-27-10-11)9-22-16(24)23-29(25,26)15-8-12(17(19,20)21)5-6-13(15)18/h5-6,8,11,14H,2-4,7,9-10H2,1H3,(H2,22,23,24). The molecule has 0 radical (unpaired) electrons. The average molecular weight is 459 g/mol. The van der Waals surface area contributed by atoms with Crippen molar-refractivity contribution in [1.82, 2.24) is 10.0 Å². The highest BCUT2D eigenvalue weighted by Gasteiger charge is 2.33. The molecule has 2 atom stereocenters. The van der Waals surface area contributed by atoms with Gasteiger partial charge < -0.3 is 14.8 Å². The number of nitrogens with one attached hydrogen (secondary N) is 2. The predicted molar refractivity (Wildman–Crippen MR) is 99.1 cm³/mol. The molecule has 2 N–H and O–H groups in total. The number of carbonyl (C=O) groups excluding carboxylic acids is 1. The van der Waals surface area contributed by atoms with Crippen LogP contribution in [0.3, 0.4) is 0 Å². The normalized spacial score (nSPS) is 18.9. The molecule has 2 unspecified atom stereocenters. The van der Waals surface area contributed by atoms with Gasteiger partial charge in [0.2, 0.25) is 0 Å². The van der Waals surface area contributed by atoms with E-state index in [1.807, 2.05) is 0 Å². The van der Waals surface area contributed by atoms with Crippen LogP contribution in [-0.4, -0.2) is 46.9 Å². The van der Waals surface area contributed by atoms with Crippen molar-refractivity contribution < 1.29 is 35.9 Å². The molecule has 0 saturated carbocycles. The summed E-state index contributed by atoms with van der Waals surface area (Å²) in [5.41, 5.74) is -1.20. The lowest BCUT2D eigenvalue weighted by molar-refractivity contribution is -0.137. The van der Waals surface area contributed by atoms with Gasteiger partial charge in [0.15, 0.2) is 0 Å². The first-order chi connectivity index (χ1) is 13.5. The second kappa shape index (κ2) is 9.96. The van der Waals surface area contributed by atoms with Gasteiger partial charge in [0.25, 0.3) is 10.0 Å². The molecule has 1 saturated heterocycles. The van der Waals surface area contributed by atoms with E-state index in [0.29, 0.717) is 32.0 Å². The van der Waals surface area contributed by atoms with Gasteiger partial charge in [0.05, 0.1) is 23.3 Å². The van der Waals surface area contributed by atoms with Crippen LogP contribution in [0.25, 0.3) is 0 Å². The molecule has 2 rings (SSSR count). The smallest absolute Gasteiger partial charge is 0.381 e. The van der Waals surface area contributed by atoms with Crippen molar-refractivity contribution in [2.24, 2.45) is 5.92 Å². The van der Waals surface area contributed by atoms with Gasteiger partial charge in [-0.05, 0) is 38.0 Å². The van der Waals surface area contributed by atoms with Crippen LogP contribution < -0.4 is 10.0 Å². The van der Waals surface area contributed by atoms with E-state index in [9.17, 15) is 26.4 Å². The van der Waals surface area contributed by atoms with Gasteiger partial charge in [-0.3, -0.25) is 0 Å². The first kappa shape index (κ1) is 23.7. The fourth-order valence-corrected chi connectivity index (χ4v) is 4.38. The van der Waals surface area contributed by atoms with Gasteiger partial charge in [-0.1, -0.05) is 11.6 Å². The highest BCUT2D eigenvalue weighted by molar-refractivity contribution is 7.90. The molecular formula is C17H22ClF3N2O5S. The van der Waals surface area contributed by atoms with Crippen LogP contribution in [0.4, 0.5) is 18.0 Å². The molecule has 1 aromatic rings. The zero-order valence-corrected chi connectivity index (χ0v) is 17.2. The van der Waals surface area contributed by atoms with Gasteiger partial charge in [0, 0.05) is 25.7 Å². The van der Waals surface area contributed by atoms with E-state index in [0.717, 1.165) is 18.9 Å². The monoisotopic (exact) mass is 458 g/mol. The zero-order chi connectivity index (χ0) is 21.7. The number of hydrogen-bond acceptors (Lipinski definition) is 5. The van der Waals surface area contributed by atoms with E-state index in [-0.39, 0.29) is 18.6 Å². The van der Waals surface area contributed by atoms with Crippen molar-refractivity contribution in [2.75, 3.05) is 26.4 Å². The van der Waals surface area contributed by atoms with Crippen molar-refractivity contribution in [1.29, 1.82) is 0 Å². The van der Waals surface area contributed by atoms with E-state index >= 15 is 0 Å². The summed E-state index contributed by atoms with van der Waals surface area (Å²) >= 11 is 5.73. The number of alkyl halides is 3. The molecule has 0 aliphatic carbocycles. The third-order valence-electron chi connectivity index (χ3n) is 4.34. The highest BCUT2D eigenvalue weighted by atomic mass is 35.5. The second-order valence-electron chi connectivity index (χ2n) is 6.43. The molecule has 0 spiro atoms. The Kier molecular flexibility index (Phi) is 8.15. The summed E-state index contributed by atoms with van der Waals surface area (Å²) in [4.78, 5) is 11.2. The summed E-state index contributed by atoms with van der Waals surface area (Å²) in [5, 5.41) is 1.94. The molecule has 7 nitrogen and oxygen atoms in total. The quantitative estimate of drug-likeness (QED) is 0.654. The number of sulfonamides is 1. The van der Waals surface area contributed by atoms with Crippen molar-refractivity contribution in [2.45, 2.75) is 36.9 Å². The maximum atomic E-state index is 12.8. The first-order valence-corrected chi connectivity index (χ1v) is 10.8. The Morgan fingerprint density at radius 3 is 2.72 bits per heavy atom. The third kappa shape index (κ3) is 6.73. The Balaban J connectivity index is 2.05. The molecular weight excluding hydrogens is 437 g/mol. The Hall–Kier alpha value is -1.56. The van der Waals surface area contributed by atoms with Crippen LogP contribution >= 0.6 is 11.6 Å². The number of urea groups is 1. The SMILES string of the molecule is CCOC(CNC(=O)NS(=O)(=O)c1cc(C(F)(F)F)ccc1Cl)C1CCCOC1. The van der Waals surface area contributed by atoms with Crippen molar-refractivity contribution in [3.05, 3.63) is 28.8 Å². The molecule has 1 aromatic carbocycles. The lowest BCUT2D eigenvalue weighted by Crippen LogP contribution is -2.46. The van der Waals surface area contributed by atoms with Crippen molar-refractivity contribution in [3.8, 4) is 0 Å². The van der Waals surface area contributed by atoms with Crippen LogP contribution in [0, 0.1) is 5.92 Å². The van der Waals surface area contributed by atoms with E-state index < -0.39 is 37.7 Å². The first-order valence-electron chi connectivity index (χ1n) is 8.91. The van der Waals surface area contributed by atoms with E-state index in [4.69, 9.17) is 21.1 Å². The molecule has 1 heterocycles. The average Bonchev–Trinajstić information content (AvgIpc) is 2.64. The highest BCUT2D eigenvalue weighted by Crippen LogP contribution is 2.33. The number of carbonyl (C=O) groups is 1. The Labute approximate surface area is 171 Å². The molecule has 29 heavy (non-hydrogen) atoms. The molecule has 0 bridgehead atoms. The Morgan fingerprint density at radius 2 is 2.14 bits per heavy atom. The van der Waals surface area contributed by atoms with Gasteiger partial charge >= 0.3 is 12.2 Å². The number of halogens is 4. The molecule has 164 valence electrons. The zero-order valence-electron chi connectivity index (χ0n) is 15.6. The molecule has 0 aromatic heterocycles. The van der Waals surface area contributed by atoms with Gasteiger partial charge in [-0.25, -0.2) is 17.9 Å². The summed E-state index contributed by atoms with van der Waals surface area (Å²) < 4.78 is 75.9. The summed E-state index contributed by atoms with van der Waals surface area (Å²) in [6, 6.07) is 0.742. The lowest BCUT2D eigenvalue weighted by Gasteiger charge is -2.30. The van der Waals surface area contributed by atoms with Crippen LogP contribution in [-0.2, 0) is 25.7 Å². The number of rotatable bonds is 7. The Morgan fingerprint density at radius 1 is 1.41 bits per heavy atom. The maximum absolute atomic E-state index is 12.8. The Bertz CT molecular complexity index is 814. The minimum absolute atomic E-state index is 0.0134. The second-order valence-corrected chi connectivity index (χ2v) is 8.49. The lowest BCUT2D eigenvalue weighted by atomic mass is 9.95. The summed E-state index contributed by atoms with van der Waals surface area (Å²) in [6.45, 7) is 3.31. The fourth-order valence-electron chi connectivity index (χ4n) is 2.93. The maximum Gasteiger partial charge on any atom is 0.416 e. The van der Waals surface area contributed by atoms with Crippen LogP contribution in [0.15, 0.2) is 23.1 Å². The summed E-state index contributed by atoms with van der Waals surface area (Å²) in [7, 11) is -4.62. The number of benzene rings is 1. The van der Waals surface area contributed by atoms with E-state index in [1.165, 1.54) is 0 Å². The fraction of sp³-hybridized carbons (Fsp3) is 0.588. The van der Waals surface area contributed by atoms with Crippen molar-refractivity contribution in [3.63, 3.8) is 0 Å². The van der Waals surface area contributed by atoms with Crippen LogP contribution in [0.2, 0.25) is 5.02 Å². The minimum atomic E-state index is -4.76. The van der Waals surface area contributed by atoms with Gasteiger partial charge in [0.1, 0.15) is 4.90 Å². The van der Waals surface area contributed by atoms with Crippen LogP contribution in [0.1, 0.15) is 25.3 Å². The van der Waals surface area contributed by atoms with E-state index in [1.54, 1.807) is 11.6 Å². The topological polar surface area (TPSA) is 93.7 Å². The largest absolute Gasteiger partial charge is 0.416 e. The summed E-state index contributed by atoms with van der Waals surface area (Å²) in [6.07, 6.45) is -3.45. The molecule has 1 aliphatic heterocycles. The van der Waals surface area contributed by atoms with Crippen molar-refractivity contribution >= 4 is 27.7 Å². The van der Waals surface area contributed by atoms with Gasteiger partial charge in [-0.2, -0.15) is 13.2 Å². The van der Waals surface area contributed by atoms with E-state index in [2.05, 4.69) is 5.32 Å². The van der Waals surface area contributed by atoms with Crippen LogP contribution in [0.5, 0.6) is 0 Å². The number of amides is 2. The predicted octanol–water partition coefficient (Wildman–Crippen LogP) is 3.18. The number of ether oxygens (including phenoxy) is 2. The molecule has 2 amide bonds. The summed E-state index contributed by atoms with van der Waals surface area (Å²) in [5.74, 6) is 0.0403. The molecule has 12 heteroatoms. The number of hydrogen-bond donors (Lipinski definition) is 2. The third-order valence-corrected chi connectivity index (χ3v) is 6.15. The molecule has 1 fully saturated rings. The molecule has 1 aliphatic rings. The van der Waals surface area contributed by atoms with Gasteiger partial charge in [-0.15, -0.1) is 0 Å².